The fraction of sp³-hybridized carbons (Fsp3) is 0.364. The summed E-state index contributed by atoms with van der Waals surface area (Å²) in [5.74, 6) is 0.527. The van der Waals surface area contributed by atoms with Crippen molar-refractivity contribution in [3.63, 3.8) is 0 Å². The van der Waals surface area contributed by atoms with E-state index in [0.29, 0.717) is 5.92 Å². The summed E-state index contributed by atoms with van der Waals surface area (Å²) in [6.07, 6.45) is 9.83. The molecule has 0 aliphatic rings. The van der Waals surface area contributed by atoms with Crippen LogP contribution in [-0.4, -0.2) is 6.72 Å². The zero-order chi connectivity index (χ0) is 9.40. The van der Waals surface area contributed by atoms with E-state index >= 15 is 0 Å². The van der Waals surface area contributed by atoms with Crippen molar-refractivity contribution in [3.05, 3.63) is 36.1 Å². The monoisotopic (exact) mass is 163 g/mol. The SMILES string of the molecule is C=N\C=C/C(=C\C=C/C)C(C)C. The molecule has 0 saturated carbocycles. The number of hydrogen-bond donors (Lipinski definition) is 0. The molecule has 0 aromatic carbocycles. The van der Waals surface area contributed by atoms with E-state index in [4.69, 9.17) is 0 Å². The molecule has 0 aliphatic carbocycles. The van der Waals surface area contributed by atoms with Gasteiger partial charge in [-0.1, -0.05) is 32.1 Å². The summed E-state index contributed by atoms with van der Waals surface area (Å²) in [5, 5.41) is 0. The third-order valence-electron chi connectivity index (χ3n) is 1.52. The molecule has 0 unspecified atom stereocenters. The lowest BCUT2D eigenvalue weighted by molar-refractivity contribution is 0.791. The molecular formula is C11H17N. The van der Waals surface area contributed by atoms with Gasteiger partial charge in [0.1, 0.15) is 0 Å². The molecule has 0 aliphatic heterocycles. The molecule has 0 heterocycles. The first-order chi connectivity index (χ1) is 5.72. The Morgan fingerprint density at radius 1 is 1.42 bits per heavy atom. The number of aliphatic imine (C=N–C) groups is 1. The van der Waals surface area contributed by atoms with Gasteiger partial charge in [0.15, 0.2) is 0 Å². The maximum absolute atomic E-state index is 3.67. The molecule has 0 bridgehead atoms. The van der Waals surface area contributed by atoms with Crippen LogP contribution >= 0.6 is 0 Å². The van der Waals surface area contributed by atoms with Crippen molar-refractivity contribution in [3.8, 4) is 0 Å². The van der Waals surface area contributed by atoms with Crippen LogP contribution in [0.1, 0.15) is 20.8 Å². The fourth-order valence-corrected chi connectivity index (χ4v) is 0.787. The predicted octanol–water partition coefficient (Wildman–Crippen LogP) is 3.36. The van der Waals surface area contributed by atoms with Crippen molar-refractivity contribution in [1.82, 2.24) is 0 Å². The zero-order valence-corrected chi connectivity index (χ0v) is 8.12. The maximum Gasteiger partial charge on any atom is 0.0263 e. The van der Waals surface area contributed by atoms with Crippen molar-refractivity contribution in [1.29, 1.82) is 0 Å². The highest BCUT2D eigenvalue weighted by Crippen LogP contribution is 2.10. The molecule has 66 valence electrons. The molecule has 0 aromatic heterocycles. The second kappa shape index (κ2) is 6.59. The lowest BCUT2D eigenvalue weighted by Gasteiger charge is -2.03. The van der Waals surface area contributed by atoms with E-state index in [9.17, 15) is 0 Å². The first-order valence-electron chi connectivity index (χ1n) is 4.17. The van der Waals surface area contributed by atoms with Gasteiger partial charge in [-0.05, 0) is 31.2 Å². The number of allylic oxidation sites excluding steroid dienone is 5. The highest BCUT2D eigenvalue weighted by molar-refractivity contribution is 5.29. The molecule has 1 heteroatoms. The Bertz CT molecular complexity index is 207. The van der Waals surface area contributed by atoms with Gasteiger partial charge in [-0.2, -0.15) is 0 Å². The average molecular weight is 163 g/mol. The minimum Gasteiger partial charge on any atom is -0.273 e. The average Bonchev–Trinajstić information content (AvgIpc) is 2.04. The second-order valence-electron chi connectivity index (χ2n) is 2.85. The van der Waals surface area contributed by atoms with E-state index in [0.717, 1.165) is 0 Å². The molecule has 12 heavy (non-hydrogen) atoms. The summed E-state index contributed by atoms with van der Waals surface area (Å²) in [7, 11) is 0. The van der Waals surface area contributed by atoms with Crippen LogP contribution < -0.4 is 0 Å². The van der Waals surface area contributed by atoms with Gasteiger partial charge in [0, 0.05) is 6.20 Å². The second-order valence-corrected chi connectivity index (χ2v) is 2.85. The predicted molar refractivity (Wildman–Crippen MR) is 56.4 cm³/mol. The summed E-state index contributed by atoms with van der Waals surface area (Å²) >= 11 is 0. The van der Waals surface area contributed by atoms with Crippen LogP contribution in [-0.2, 0) is 0 Å². The van der Waals surface area contributed by atoms with Crippen molar-refractivity contribution in [2.24, 2.45) is 10.9 Å². The van der Waals surface area contributed by atoms with Crippen molar-refractivity contribution in [2.45, 2.75) is 20.8 Å². The maximum atomic E-state index is 3.67. The summed E-state index contributed by atoms with van der Waals surface area (Å²) in [6.45, 7) is 9.71. The highest BCUT2D eigenvalue weighted by Gasteiger charge is 1.95. The van der Waals surface area contributed by atoms with Gasteiger partial charge < -0.3 is 0 Å². The molecule has 0 aromatic rings. The Balaban J connectivity index is 4.42. The Labute approximate surface area is 75.2 Å². The van der Waals surface area contributed by atoms with E-state index in [1.807, 2.05) is 25.2 Å². The Morgan fingerprint density at radius 2 is 2.08 bits per heavy atom. The third kappa shape index (κ3) is 4.67. The van der Waals surface area contributed by atoms with Gasteiger partial charge in [-0.3, -0.25) is 4.99 Å². The van der Waals surface area contributed by atoms with Crippen LogP contribution in [0.5, 0.6) is 0 Å². The van der Waals surface area contributed by atoms with Gasteiger partial charge in [0.05, 0.1) is 0 Å². The fourth-order valence-electron chi connectivity index (χ4n) is 0.787. The van der Waals surface area contributed by atoms with Crippen molar-refractivity contribution < 1.29 is 0 Å². The Kier molecular flexibility index (Phi) is 5.98. The van der Waals surface area contributed by atoms with Gasteiger partial charge in [0.25, 0.3) is 0 Å². The third-order valence-corrected chi connectivity index (χ3v) is 1.52. The largest absolute Gasteiger partial charge is 0.273 e. The van der Waals surface area contributed by atoms with Crippen LogP contribution in [0.2, 0.25) is 0 Å². The van der Waals surface area contributed by atoms with Gasteiger partial charge in [-0.25, -0.2) is 0 Å². The normalized spacial score (nSPS) is 13.5. The molecule has 0 rings (SSSR count). The van der Waals surface area contributed by atoms with E-state index in [2.05, 4.69) is 31.6 Å². The minimum absolute atomic E-state index is 0.527. The quantitative estimate of drug-likeness (QED) is 0.445. The Hall–Kier alpha value is -1.11. The van der Waals surface area contributed by atoms with Gasteiger partial charge in [0.2, 0.25) is 0 Å². The molecule has 0 radical (unpaired) electrons. The number of hydrogen-bond acceptors (Lipinski definition) is 1. The Morgan fingerprint density at radius 3 is 2.50 bits per heavy atom. The van der Waals surface area contributed by atoms with E-state index < -0.39 is 0 Å². The minimum atomic E-state index is 0.527. The van der Waals surface area contributed by atoms with Gasteiger partial charge in [-0.15, -0.1) is 0 Å². The molecule has 0 saturated heterocycles. The first kappa shape index (κ1) is 10.9. The highest BCUT2D eigenvalue weighted by atomic mass is 14.6. The van der Waals surface area contributed by atoms with Crippen LogP contribution in [0.4, 0.5) is 0 Å². The van der Waals surface area contributed by atoms with Crippen LogP contribution in [0.3, 0.4) is 0 Å². The standard InChI is InChI=1S/C11H17N/c1-5-6-7-11(10(2)3)8-9-12-4/h5-10H,4H2,1-3H3/b6-5-,9-8-,11-7+. The zero-order valence-electron chi connectivity index (χ0n) is 8.12. The summed E-state index contributed by atoms with van der Waals surface area (Å²) in [4.78, 5) is 3.67. The first-order valence-corrected chi connectivity index (χ1v) is 4.17. The lowest BCUT2D eigenvalue weighted by Crippen LogP contribution is -1.88. The molecule has 0 fully saturated rings. The van der Waals surface area contributed by atoms with E-state index in [-0.39, 0.29) is 0 Å². The molecule has 0 amide bonds. The molecule has 0 atom stereocenters. The molecule has 1 nitrogen and oxygen atoms in total. The number of nitrogens with zero attached hydrogens (tertiary/aromatic N) is 1. The molecule has 0 spiro atoms. The van der Waals surface area contributed by atoms with Crippen LogP contribution in [0, 0.1) is 5.92 Å². The van der Waals surface area contributed by atoms with Crippen molar-refractivity contribution >= 4 is 6.72 Å². The topological polar surface area (TPSA) is 12.4 Å². The van der Waals surface area contributed by atoms with E-state index in [1.165, 1.54) is 5.57 Å². The molecule has 0 N–H and O–H groups in total. The van der Waals surface area contributed by atoms with Gasteiger partial charge >= 0.3 is 0 Å². The smallest absolute Gasteiger partial charge is 0.0263 e. The molecular weight excluding hydrogens is 146 g/mol. The van der Waals surface area contributed by atoms with E-state index in [1.54, 1.807) is 6.20 Å². The number of rotatable bonds is 4. The summed E-state index contributed by atoms with van der Waals surface area (Å²) in [6, 6.07) is 0. The lowest BCUT2D eigenvalue weighted by atomic mass is 10.0. The van der Waals surface area contributed by atoms with Crippen molar-refractivity contribution in [2.75, 3.05) is 0 Å². The van der Waals surface area contributed by atoms with Crippen LogP contribution in [0.25, 0.3) is 0 Å². The summed E-state index contributed by atoms with van der Waals surface area (Å²) in [5.41, 5.74) is 1.26. The summed E-state index contributed by atoms with van der Waals surface area (Å²) < 4.78 is 0. The van der Waals surface area contributed by atoms with Crippen LogP contribution in [0.15, 0.2) is 41.1 Å².